The number of fused-ring (bicyclic) bond motifs is 1. The molecule has 0 unspecified atom stereocenters. The van der Waals surface area contributed by atoms with E-state index in [1.807, 2.05) is 30.3 Å². The smallest absolute Gasteiger partial charge is 0.268 e. The predicted octanol–water partition coefficient (Wildman–Crippen LogP) is 3.45. The van der Waals surface area contributed by atoms with Crippen molar-refractivity contribution in [2.45, 2.75) is 19.7 Å². The van der Waals surface area contributed by atoms with Gasteiger partial charge in [-0.1, -0.05) is 24.3 Å². The van der Waals surface area contributed by atoms with Crippen molar-refractivity contribution in [1.29, 1.82) is 0 Å². The van der Waals surface area contributed by atoms with Gasteiger partial charge in [0.05, 0.1) is 5.69 Å². The average Bonchev–Trinajstić information content (AvgIpc) is 3.19. The summed E-state index contributed by atoms with van der Waals surface area (Å²) >= 11 is 6.21. The van der Waals surface area contributed by atoms with E-state index in [-0.39, 0.29) is 19.1 Å². The van der Waals surface area contributed by atoms with E-state index < -0.39 is 0 Å². The van der Waals surface area contributed by atoms with Crippen LogP contribution in [-0.4, -0.2) is 25.3 Å². The minimum atomic E-state index is -0.367. The van der Waals surface area contributed by atoms with Gasteiger partial charge in [0, 0.05) is 30.0 Å². The van der Waals surface area contributed by atoms with Crippen molar-refractivity contribution in [1.82, 2.24) is 19.4 Å². The Kier molecular flexibility index (Phi) is 5.87. The maximum absolute atomic E-state index is 12.7. The molecule has 1 amide bonds. The van der Waals surface area contributed by atoms with Crippen LogP contribution in [0.3, 0.4) is 0 Å². The Bertz CT molecular complexity index is 1150. The van der Waals surface area contributed by atoms with Gasteiger partial charge in [0.25, 0.3) is 5.91 Å². The van der Waals surface area contributed by atoms with Gasteiger partial charge in [-0.3, -0.25) is 4.79 Å². The SMILES string of the molecule is NCc1cc(OCc2cccc(C(=O)N(Cl)Cc3nc4ccccc4o3)c2)ncn1. The van der Waals surface area contributed by atoms with Crippen molar-refractivity contribution in [2.75, 3.05) is 0 Å². The number of nitrogens with two attached hydrogens (primary N) is 1. The summed E-state index contributed by atoms with van der Waals surface area (Å²) in [5.41, 5.74) is 8.83. The fraction of sp³-hybridized carbons (Fsp3) is 0.143. The number of amides is 1. The van der Waals surface area contributed by atoms with Crippen molar-refractivity contribution in [2.24, 2.45) is 5.73 Å². The van der Waals surface area contributed by atoms with E-state index in [4.69, 9.17) is 26.7 Å². The van der Waals surface area contributed by atoms with Crippen molar-refractivity contribution in [3.05, 3.63) is 83.6 Å². The van der Waals surface area contributed by atoms with Gasteiger partial charge in [-0.05, 0) is 29.8 Å². The van der Waals surface area contributed by atoms with Crippen LogP contribution in [0.4, 0.5) is 0 Å². The quantitative estimate of drug-likeness (QED) is 0.453. The number of nitrogens with zero attached hydrogens (tertiary/aromatic N) is 4. The van der Waals surface area contributed by atoms with Gasteiger partial charge in [0.1, 0.15) is 25.0 Å². The topological polar surface area (TPSA) is 107 Å². The molecule has 2 N–H and O–H groups in total. The standard InChI is InChI=1S/C21H18ClN5O3/c22-27(11-20-26-17-6-1-2-7-18(17)30-20)21(28)15-5-3-4-14(8-15)12-29-19-9-16(10-23)24-13-25-19/h1-9,13H,10-12,23H2. The lowest BCUT2D eigenvalue weighted by atomic mass is 10.1. The molecule has 0 fully saturated rings. The summed E-state index contributed by atoms with van der Waals surface area (Å²) in [7, 11) is 0. The van der Waals surface area contributed by atoms with E-state index in [0.29, 0.717) is 40.7 Å². The molecular weight excluding hydrogens is 406 g/mol. The number of hydrogen-bond donors (Lipinski definition) is 1. The zero-order chi connectivity index (χ0) is 20.9. The summed E-state index contributed by atoms with van der Waals surface area (Å²) in [5, 5.41) is 0. The zero-order valence-corrected chi connectivity index (χ0v) is 16.6. The van der Waals surface area contributed by atoms with Crippen LogP contribution in [0.1, 0.15) is 27.5 Å². The molecule has 30 heavy (non-hydrogen) atoms. The second-order valence-electron chi connectivity index (χ2n) is 6.44. The van der Waals surface area contributed by atoms with Gasteiger partial charge >= 0.3 is 0 Å². The van der Waals surface area contributed by atoms with E-state index in [2.05, 4.69) is 15.0 Å². The summed E-state index contributed by atoms with van der Waals surface area (Å²) in [6.07, 6.45) is 1.40. The summed E-state index contributed by atoms with van der Waals surface area (Å²) < 4.78 is 12.3. The van der Waals surface area contributed by atoms with E-state index >= 15 is 0 Å². The molecule has 0 aliphatic rings. The number of carbonyl (C=O) groups excluding carboxylic acids is 1. The third kappa shape index (κ3) is 4.56. The van der Waals surface area contributed by atoms with Gasteiger partial charge < -0.3 is 14.9 Å². The lowest BCUT2D eigenvalue weighted by molar-refractivity contribution is 0.0849. The van der Waals surface area contributed by atoms with Gasteiger partial charge in [-0.2, -0.15) is 0 Å². The molecule has 0 radical (unpaired) electrons. The molecule has 4 aromatic rings. The van der Waals surface area contributed by atoms with Gasteiger partial charge in [-0.25, -0.2) is 19.4 Å². The Labute approximate surface area is 177 Å². The van der Waals surface area contributed by atoms with Crippen LogP contribution in [0.2, 0.25) is 0 Å². The maximum atomic E-state index is 12.7. The molecule has 152 valence electrons. The highest BCUT2D eigenvalue weighted by atomic mass is 35.5. The molecule has 0 aliphatic carbocycles. The molecule has 0 aliphatic heterocycles. The highest BCUT2D eigenvalue weighted by Gasteiger charge is 2.17. The van der Waals surface area contributed by atoms with Crippen LogP contribution in [0.15, 0.2) is 65.3 Å². The Hall–Kier alpha value is -3.49. The first kappa shape index (κ1) is 19.8. The molecular formula is C21H18ClN5O3. The van der Waals surface area contributed by atoms with Crippen molar-refractivity contribution >= 4 is 28.8 Å². The second-order valence-corrected chi connectivity index (χ2v) is 6.85. The summed E-state index contributed by atoms with van der Waals surface area (Å²) in [5.74, 6) is 0.406. The van der Waals surface area contributed by atoms with Crippen molar-refractivity contribution in [3.63, 3.8) is 0 Å². The van der Waals surface area contributed by atoms with Gasteiger partial charge in [-0.15, -0.1) is 0 Å². The average molecular weight is 424 g/mol. The van der Waals surface area contributed by atoms with Crippen LogP contribution in [0, 0.1) is 0 Å². The fourth-order valence-electron chi connectivity index (χ4n) is 2.84. The minimum Gasteiger partial charge on any atom is -0.473 e. The predicted molar refractivity (Wildman–Crippen MR) is 110 cm³/mol. The molecule has 0 saturated carbocycles. The minimum absolute atomic E-state index is 0.0403. The molecule has 4 rings (SSSR count). The van der Waals surface area contributed by atoms with Crippen LogP contribution < -0.4 is 10.5 Å². The Morgan fingerprint density at radius 1 is 1.13 bits per heavy atom. The van der Waals surface area contributed by atoms with E-state index in [0.717, 1.165) is 9.98 Å². The number of aromatic nitrogens is 3. The second kappa shape index (κ2) is 8.89. The van der Waals surface area contributed by atoms with E-state index in [1.54, 1.807) is 24.3 Å². The number of ether oxygens (including phenoxy) is 1. The third-order valence-electron chi connectivity index (χ3n) is 4.30. The summed E-state index contributed by atoms with van der Waals surface area (Å²) in [4.78, 5) is 25.1. The normalized spacial score (nSPS) is 10.9. The van der Waals surface area contributed by atoms with Crippen LogP contribution in [-0.2, 0) is 19.7 Å². The number of halogens is 1. The lowest BCUT2D eigenvalue weighted by Gasteiger charge is -2.13. The van der Waals surface area contributed by atoms with E-state index in [9.17, 15) is 4.79 Å². The molecule has 2 heterocycles. The highest BCUT2D eigenvalue weighted by molar-refractivity contribution is 6.23. The number of rotatable bonds is 7. The largest absolute Gasteiger partial charge is 0.473 e. The van der Waals surface area contributed by atoms with Crippen LogP contribution in [0.25, 0.3) is 11.1 Å². The van der Waals surface area contributed by atoms with Gasteiger partial charge in [0.2, 0.25) is 11.8 Å². The van der Waals surface area contributed by atoms with Crippen LogP contribution >= 0.6 is 11.8 Å². The van der Waals surface area contributed by atoms with Crippen LogP contribution in [0.5, 0.6) is 5.88 Å². The molecule has 0 atom stereocenters. The lowest BCUT2D eigenvalue weighted by Crippen LogP contribution is -2.21. The third-order valence-corrected chi connectivity index (χ3v) is 4.57. The maximum Gasteiger partial charge on any atom is 0.268 e. The van der Waals surface area contributed by atoms with Crippen molar-refractivity contribution in [3.8, 4) is 5.88 Å². The summed E-state index contributed by atoms with van der Waals surface area (Å²) in [6, 6.07) is 16.1. The first-order valence-corrected chi connectivity index (χ1v) is 9.51. The Morgan fingerprint density at radius 3 is 2.83 bits per heavy atom. The highest BCUT2D eigenvalue weighted by Crippen LogP contribution is 2.19. The molecule has 0 saturated heterocycles. The molecule has 0 spiro atoms. The van der Waals surface area contributed by atoms with Gasteiger partial charge in [0.15, 0.2) is 5.58 Å². The first-order valence-electron chi connectivity index (χ1n) is 9.17. The van der Waals surface area contributed by atoms with Crippen molar-refractivity contribution < 1.29 is 13.9 Å². The molecule has 8 nitrogen and oxygen atoms in total. The van der Waals surface area contributed by atoms with E-state index in [1.165, 1.54) is 6.33 Å². The Balaban J connectivity index is 1.42. The monoisotopic (exact) mass is 423 g/mol. The fourth-order valence-corrected chi connectivity index (χ4v) is 3.04. The molecule has 0 bridgehead atoms. The Morgan fingerprint density at radius 2 is 2.00 bits per heavy atom. The number of benzene rings is 2. The molecule has 2 aromatic carbocycles. The zero-order valence-electron chi connectivity index (χ0n) is 15.9. The molecule has 2 aromatic heterocycles. The number of carbonyl (C=O) groups is 1. The number of hydrogen-bond acceptors (Lipinski definition) is 7. The number of para-hydroxylation sites is 2. The number of oxazole rings is 1. The summed E-state index contributed by atoms with van der Waals surface area (Å²) in [6.45, 7) is 0.572. The first-order chi connectivity index (χ1) is 14.6. The molecule has 9 heteroatoms.